The Labute approximate surface area is 102 Å². The maximum absolute atomic E-state index is 13.4. The molecule has 0 fully saturated rings. The molecule has 1 rings (SSSR count). The van der Waals surface area contributed by atoms with E-state index in [0.717, 1.165) is 12.0 Å². The molecule has 1 aromatic carbocycles. The van der Waals surface area contributed by atoms with Crippen molar-refractivity contribution in [3.63, 3.8) is 0 Å². The summed E-state index contributed by atoms with van der Waals surface area (Å²) in [6.07, 6.45) is 2.06. The highest BCUT2D eigenvalue weighted by Crippen LogP contribution is 2.10. The normalized spacial score (nSPS) is 14.0. The number of halogens is 1. The van der Waals surface area contributed by atoms with Crippen LogP contribution in [-0.2, 0) is 6.42 Å². The van der Waals surface area contributed by atoms with Gasteiger partial charge in [0.2, 0.25) is 0 Å². The summed E-state index contributed by atoms with van der Waals surface area (Å²) in [5.74, 6) is -0.158. The summed E-state index contributed by atoms with van der Waals surface area (Å²) in [5.41, 5.74) is 0.722. The first-order valence-electron chi connectivity index (χ1n) is 6.03. The minimum Gasteiger partial charge on any atom is -0.310 e. The fraction of sp³-hybridized carbons (Fsp3) is 0.500. The second kappa shape index (κ2) is 7.03. The molecule has 2 atom stereocenters. The molecule has 3 heteroatoms. The molecule has 0 amide bonds. The van der Waals surface area contributed by atoms with E-state index in [4.69, 9.17) is 5.26 Å². The third kappa shape index (κ3) is 4.54. The van der Waals surface area contributed by atoms with Crippen LogP contribution >= 0.6 is 0 Å². The van der Waals surface area contributed by atoms with Crippen molar-refractivity contribution in [2.24, 2.45) is 0 Å². The van der Waals surface area contributed by atoms with E-state index in [1.54, 1.807) is 12.1 Å². The highest BCUT2D eigenvalue weighted by atomic mass is 19.1. The van der Waals surface area contributed by atoms with Crippen LogP contribution in [0.5, 0.6) is 0 Å². The van der Waals surface area contributed by atoms with Gasteiger partial charge in [0.15, 0.2) is 0 Å². The number of nitrogens with zero attached hydrogens (tertiary/aromatic N) is 1. The van der Waals surface area contributed by atoms with Crippen LogP contribution in [0.3, 0.4) is 0 Å². The van der Waals surface area contributed by atoms with E-state index in [1.165, 1.54) is 6.07 Å². The number of rotatable bonds is 6. The highest BCUT2D eigenvalue weighted by Gasteiger charge is 2.11. The zero-order valence-corrected chi connectivity index (χ0v) is 10.4. The van der Waals surface area contributed by atoms with Gasteiger partial charge in [-0.3, -0.25) is 0 Å². The smallest absolute Gasteiger partial charge is 0.126 e. The maximum Gasteiger partial charge on any atom is 0.126 e. The molecule has 0 radical (unpaired) electrons. The Balaban J connectivity index is 2.52. The summed E-state index contributed by atoms with van der Waals surface area (Å²) in [6.45, 7) is 4.07. The van der Waals surface area contributed by atoms with Crippen molar-refractivity contribution in [3.8, 4) is 6.07 Å². The second-order valence-corrected chi connectivity index (χ2v) is 4.33. The van der Waals surface area contributed by atoms with Gasteiger partial charge in [0.1, 0.15) is 5.82 Å². The lowest BCUT2D eigenvalue weighted by Gasteiger charge is -2.20. The van der Waals surface area contributed by atoms with Gasteiger partial charge in [0, 0.05) is 12.1 Å². The quantitative estimate of drug-likeness (QED) is 0.821. The van der Waals surface area contributed by atoms with Gasteiger partial charge in [-0.15, -0.1) is 0 Å². The van der Waals surface area contributed by atoms with Gasteiger partial charge in [0.05, 0.1) is 12.5 Å². The van der Waals surface area contributed by atoms with Gasteiger partial charge in [-0.2, -0.15) is 5.26 Å². The van der Waals surface area contributed by atoms with Crippen molar-refractivity contribution in [2.45, 2.75) is 45.2 Å². The summed E-state index contributed by atoms with van der Waals surface area (Å²) in [5, 5.41) is 12.0. The number of nitrogens with one attached hydrogen (secondary N) is 1. The predicted octanol–water partition coefficient (Wildman–Crippen LogP) is 3.04. The predicted molar refractivity (Wildman–Crippen MR) is 67.0 cm³/mol. The lowest BCUT2D eigenvalue weighted by Crippen LogP contribution is -2.37. The molecular formula is C14H19FN2. The minimum atomic E-state index is -0.158. The highest BCUT2D eigenvalue weighted by molar-refractivity contribution is 5.18. The summed E-state index contributed by atoms with van der Waals surface area (Å²) >= 11 is 0. The van der Waals surface area contributed by atoms with Crippen molar-refractivity contribution < 1.29 is 4.39 Å². The largest absolute Gasteiger partial charge is 0.310 e. The Morgan fingerprint density at radius 1 is 1.41 bits per heavy atom. The van der Waals surface area contributed by atoms with Crippen LogP contribution in [0.2, 0.25) is 0 Å². The third-order valence-corrected chi connectivity index (χ3v) is 2.83. The minimum absolute atomic E-state index is 0.158. The SMILES string of the molecule is CCC(CC#N)NC(C)Cc1ccccc1F. The lowest BCUT2D eigenvalue weighted by molar-refractivity contribution is 0.432. The summed E-state index contributed by atoms with van der Waals surface area (Å²) < 4.78 is 13.4. The van der Waals surface area contributed by atoms with Crippen molar-refractivity contribution in [3.05, 3.63) is 35.6 Å². The van der Waals surface area contributed by atoms with Gasteiger partial charge < -0.3 is 5.32 Å². The van der Waals surface area contributed by atoms with E-state index < -0.39 is 0 Å². The number of nitriles is 1. The summed E-state index contributed by atoms with van der Waals surface area (Å²) in [7, 11) is 0. The maximum atomic E-state index is 13.4. The van der Waals surface area contributed by atoms with Gasteiger partial charge in [-0.25, -0.2) is 4.39 Å². The Morgan fingerprint density at radius 3 is 2.71 bits per heavy atom. The molecule has 1 aromatic rings. The Kier molecular flexibility index (Phi) is 5.65. The summed E-state index contributed by atoms with van der Waals surface area (Å²) in [4.78, 5) is 0. The molecule has 0 aliphatic heterocycles. The topological polar surface area (TPSA) is 35.8 Å². The number of hydrogen-bond donors (Lipinski definition) is 1. The average Bonchev–Trinajstić information content (AvgIpc) is 2.31. The van der Waals surface area contributed by atoms with Gasteiger partial charge in [-0.05, 0) is 31.4 Å². The van der Waals surface area contributed by atoms with Crippen LogP contribution in [0.4, 0.5) is 4.39 Å². The molecule has 1 N–H and O–H groups in total. The van der Waals surface area contributed by atoms with Crippen LogP contribution in [0.1, 0.15) is 32.3 Å². The molecule has 0 aromatic heterocycles. The lowest BCUT2D eigenvalue weighted by atomic mass is 10.0. The van der Waals surface area contributed by atoms with Crippen LogP contribution in [0.15, 0.2) is 24.3 Å². The van der Waals surface area contributed by atoms with Crippen LogP contribution in [0, 0.1) is 17.1 Å². The molecule has 0 bridgehead atoms. The van der Waals surface area contributed by atoms with Crippen molar-refractivity contribution >= 4 is 0 Å². The molecule has 0 aliphatic carbocycles. The van der Waals surface area contributed by atoms with Crippen molar-refractivity contribution in [1.29, 1.82) is 5.26 Å². The van der Waals surface area contributed by atoms with Crippen LogP contribution in [-0.4, -0.2) is 12.1 Å². The fourth-order valence-corrected chi connectivity index (χ4v) is 1.89. The second-order valence-electron chi connectivity index (χ2n) is 4.33. The van der Waals surface area contributed by atoms with E-state index >= 15 is 0 Å². The standard InChI is InChI=1S/C14H19FN2/c1-3-13(8-9-16)17-11(2)10-12-6-4-5-7-14(12)15/h4-7,11,13,17H,3,8,10H2,1-2H3. The number of benzene rings is 1. The van der Waals surface area contributed by atoms with Crippen LogP contribution in [0.25, 0.3) is 0 Å². The first kappa shape index (κ1) is 13.7. The molecule has 0 spiro atoms. The van der Waals surface area contributed by atoms with E-state index in [-0.39, 0.29) is 17.9 Å². The van der Waals surface area contributed by atoms with E-state index in [0.29, 0.717) is 12.8 Å². The Morgan fingerprint density at radius 2 is 2.12 bits per heavy atom. The van der Waals surface area contributed by atoms with Gasteiger partial charge in [0.25, 0.3) is 0 Å². The molecular weight excluding hydrogens is 215 g/mol. The molecule has 2 nitrogen and oxygen atoms in total. The fourth-order valence-electron chi connectivity index (χ4n) is 1.89. The third-order valence-electron chi connectivity index (χ3n) is 2.83. The Hall–Kier alpha value is -1.40. The molecule has 17 heavy (non-hydrogen) atoms. The Bertz CT molecular complexity index is 384. The molecule has 0 saturated carbocycles. The van der Waals surface area contributed by atoms with Gasteiger partial charge >= 0.3 is 0 Å². The van der Waals surface area contributed by atoms with Crippen LogP contribution < -0.4 is 5.32 Å². The van der Waals surface area contributed by atoms with Gasteiger partial charge in [-0.1, -0.05) is 25.1 Å². The molecule has 2 unspecified atom stereocenters. The monoisotopic (exact) mass is 234 g/mol. The molecule has 0 saturated heterocycles. The average molecular weight is 234 g/mol. The zero-order chi connectivity index (χ0) is 12.7. The van der Waals surface area contributed by atoms with E-state index in [1.807, 2.05) is 19.9 Å². The van der Waals surface area contributed by atoms with E-state index in [9.17, 15) is 4.39 Å². The van der Waals surface area contributed by atoms with Crippen molar-refractivity contribution in [2.75, 3.05) is 0 Å². The first-order chi connectivity index (χ1) is 8.17. The molecule has 0 heterocycles. The van der Waals surface area contributed by atoms with E-state index in [2.05, 4.69) is 11.4 Å². The zero-order valence-electron chi connectivity index (χ0n) is 10.4. The first-order valence-corrected chi connectivity index (χ1v) is 6.03. The molecule has 0 aliphatic rings. The number of hydrogen-bond acceptors (Lipinski definition) is 2. The van der Waals surface area contributed by atoms with Crippen molar-refractivity contribution in [1.82, 2.24) is 5.32 Å². The molecule has 92 valence electrons. The summed E-state index contributed by atoms with van der Waals surface area (Å²) in [6, 6.07) is 9.36.